The van der Waals surface area contributed by atoms with Crippen molar-refractivity contribution in [2.24, 2.45) is 5.92 Å². The molecule has 0 unspecified atom stereocenters. The van der Waals surface area contributed by atoms with E-state index in [4.69, 9.17) is 4.74 Å². The number of nitrogens with zero attached hydrogens (tertiary/aromatic N) is 3. The zero-order valence-electron chi connectivity index (χ0n) is 18.2. The highest BCUT2D eigenvalue weighted by Crippen LogP contribution is 2.24. The van der Waals surface area contributed by atoms with E-state index in [1.165, 1.54) is 22.8 Å². The summed E-state index contributed by atoms with van der Waals surface area (Å²) in [5.74, 6) is -0.885. The van der Waals surface area contributed by atoms with Crippen LogP contribution in [0.2, 0.25) is 0 Å². The number of rotatable bonds is 6. The number of piperidine rings is 1. The number of likely N-dealkylation sites (tertiary alicyclic amines) is 1. The van der Waals surface area contributed by atoms with E-state index in [1.54, 1.807) is 42.2 Å². The fourth-order valence-electron chi connectivity index (χ4n) is 3.89. The van der Waals surface area contributed by atoms with Crippen molar-refractivity contribution in [1.29, 1.82) is 0 Å². The van der Waals surface area contributed by atoms with Gasteiger partial charge in [0.15, 0.2) is 5.16 Å². The first-order valence-corrected chi connectivity index (χ1v) is 11.8. The summed E-state index contributed by atoms with van der Waals surface area (Å²) in [7, 11) is 0. The molecule has 2 aromatic carbocycles. The minimum Gasteiger partial charge on any atom is -0.466 e. The van der Waals surface area contributed by atoms with E-state index < -0.39 is 5.82 Å². The van der Waals surface area contributed by atoms with Gasteiger partial charge in [0.25, 0.3) is 5.56 Å². The maximum absolute atomic E-state index is 13.9. The number of esters is 1. The Morgan fingerprint density at radius 2 is 1.91 bits per heavy atom. The summed E-state index contributed by atoms with van der Waals surface area (Å²) in [6.07, 6.45) is 1.13. The van der Waals surface area contributed by atoms with E-state index in [2.05, 4.69) is 4.98 Å². The second kappa shape index (κ2) is 10.2. The van der Waals surface area contributed by atoms with Crippen LogP contribution in [-0.4, -0.2) is 51.8 Å². The summed E-state index contributed by atoms with van der Waals surface area (Å²) >= 11 is 1.14. The third-order valence-electron chi connectivity index (χ3n) is 5.60. The number of benzene rings is 2. The van der Waals surface area contributed by atoms with Crippen LogP contribution in [0, 0.1) is 11.7 Å². The number of fused-ring (bicyclic) bond motifs is 1. The molecule has 1 aliphatic heterocycles. The summed E-state index contributed by atoms with van der Waals surface area (Å²) in [5.41, 5.74) is 0.542. The lowest BCUT2D eigenvalue weighted by atomic mass is 9.97. The number of thioether (sulfide) groups is 1. The van der Waals surface area contributed by atoms with Gasteiger partial charge in [-0.3, -0.25) is 19.0 Å². The molecule has 4 rings (SSSR count). The molecule has 7 nitrogen and oxygen atoms in total. The molecule has 0 atom stereocenters. The minimum absolute atomic E-state index is 0.0736. The highest BCUT2D eigenvalue weighted by molar-refractivity contribution is 7.99. The lowest BCUT2D eigenvalue weighted by Gasteiger charge is -2.30. The number of carbonyl (C=O) groups excluding carboxylic acids is 2. The quantitative estimate of drug-likeness (QED) is 0.313. The van der Waals surface area contributed by atoms with Gasteiger partial charge >= 0.3 is 5.97 Å². The Bertz CT molecular complexity index is 1240. The first-order valence-electron chi connectivity index (χ1n) is 10.8. The molecule has 0 aliphatic carbocycles. The number of carbonyl (C=O) groups is 2. The van der Waals surface area contributed by atoms with Crippen molar-refractivity contribution in [2.75, 3.05) is 25.4 Å². The Morgan fingerprint density at radius 3 is 2.64 bits per heavy atom. The predicted octanol–water partition coefficient (Wildman–Crippen LogP) is 3.42. The summed E-state index contributed by atoms with van der Waals surface area (Å²) < 4.78 is 20.3. The highest BCUT2D eigenvalue weighted by Gasteiger charge is 2.28. The highest BCUT2D eigenvalue weighted by atomic mass is 32.2. The van der Waals surface area contributed by atoms with Crippen molar-refractivity contribution in [3.8, 4) is 5.69 Å². The van der Waals surface area contributed by atoms with Crippen LogP contribution < -0.4 is 5.56 Å². The van der Waals surface area contributed by atoms with Crippen LogP contribution in [-0.2, 0) is 14.3 Å². The molecule has 33 heavy (non-hydrogen) atoms. The molecule has 0 saturated carbocycles. The average molecular weight is 470 g/mol. The lowest BCUT2D eigenvalue weighted by molar-refractivity contribution is -0.151. The van der Waals surface area contributed by atoms with Gasteiger partial charge in [-0.25, -0.2) is 9.37 Å². The summed E-state index contributed by atoms with van der Waals surface area (Å²) in [6, 6.07) is 12.7. The zero-order chi connectivity index (χ0) is 23.4. The van der Waals surface area contributed by atoms with Crippen LogP contribution in [0.15, 0.2) is 58.5 Å². The predicted molar refractivity (Wildman–Crippen MR) is 124 cm³/mol. The Labute approximate surface area is 194 Å². The van der Waals surface area contributed by atoms with Crippen molar-refractivity contribution < 1.29 is 18.7 Å². The largest absolute Gasteiger partial charge is 0.466 e. The standard InChI is InChI=1S/C24H24FN3O4S/c1-2-32-23(31)16-10-12-27(13-11-16)21(29)15-33-24-26-20-9-4-3-8-19(20)22(30)28(24)18-7-5-6-17(25)14-18/h3-9,14,16H,2,10-13,15H2,1H3. The van der Waals surface area contributed by atoms with E-state index in [9.17, 15) is 18.8 Å². The van der Waals surface area contributed by atoms with Gasteiger partial charge in [0, 0.05) is 13.1 Å². The summed E-state index contributed by atoms with van der Waals surface area (Å²) in [4.78, 5) is 44.3. The van der Waals surface area contributed by atoms with Gasteiger partial charge in [0.2, 0.25) is 5.91 Å². The van der Waals surface area contributed by atoms with Crippen LogP contribution in [0.5, 0.6) is 0 Å². The molecule has 0 bridgehead atoms. The molecule has 2 heterocycles. The van der Waals surface area contributed by atoms with Gasteiger partial charge in [-0.05, 0) is 50.1 Å². The molecule has 1 aromatic heterocycles. The molecule has 1 fully saturated rings. The van der Waals surface area contributed by atoms with E-state index >= 15 is 0 Å². The number of para-hydroxylation sites is 1. The number of hydrogen-bond acceptors (Lipinski definition) is 6. The van der Waals surface area contributed by atoms with E-state index in [1.807, 2.05) is 0 Å². The number of ether oxygens (including phenoxy) is 1. The first kappa shape index (κ1) is 23.0. The number of halogens is 1. The maximum Gasteiger partial charge on any atom is 0.309 e. The fourth-order valence-corrected chi connectivity index (χ4v) is 4.81. The Kier molecular flexibility index (Phi) is 7.08. The Morgan fingerprint density at radius 1 is 1.15 bits per heavy atom. The normalized spacial score (nSPS) is 14.4. The summed E-state index contributed by atoms with van der Waals surface area (Å²) in [6.45, 7) is 3.08. The van der Waals surface area contributed by atoms with Crippen molar-refractivity contribution in [2.45, 2.75) is 24.9 Å². The molecule has 172 valence electrons. The molecule has 1 aliphatic rings. The topological polar surface area (TPSA) is 81.5 Å². The number of hydrogen-bond donors (Lipinski definition) is 0. The van der Waals surface area contributed by atoms with Gasteiger partial charge < -0.3 is 9.64 Å². The fraction of sp³-hybridized carbons (Fsp3) is 0.333. The molecule has 1 saturated heterocycles. The molecule has 3 aromatic rings. The van der Waals surface area contributed by atoms with Crippen molar-refractivity contribution >= 4 is 34.5 Å². The molecular formula is C24H24FN3O4S. The van der Waals surface area contributed by atoms with Gasteiger partial charge in [-0.15, -0.1) is 0 Å². The molecule has 0 radical (unpaired) electrons. The van der Waals surface area contributed by atoms with Gasteiger partial charge in [0.05, 0.1) is 34.9 Å². The monoisotopic (exact) mass is 469 g/mol. The average Bonchev–Trinajstić information content (AvgIpc) is 2.83. The molecule has 9 heteroatoms. The van der Waals surface area contributed by atoms with Crippen LogP contribution in [0.3, 0.4) is 0 Å². The van der Waals surface area contributed by atoms with Crippen LogP contribution in [0.25, 0.3) is 16.6 Å². The smallest absolute Gasteiger partial charge is 0.309 e. The Hall–Kier alpha value is -3.20. The molecular weight excluding hydrogens is 445 g/mol. The molecule has 1 amide bonds. The van der Waals surface area contributed by atoms with Crippen molar-refractivity contribution in [3.05, 3.63) is 64.7 Å². The van der Waals surface area contributed by atoms with Gasteiger partial charge in [-0.2, -0.15) is 0 Å². The second-order valence-electron chi connectivity index (χ2n) is 7.73. The molecule has 0 N–H and O–H groups in total. The van der Waals surface area contributed by atoms with Crippen LogP contribution in [0.1, 0.15) is 19.8 Å². The van der Waals surface area contributed by atoms with Gasteiger partial charge in [-0.1, -0.05) is 30.0 Å². The van der Waals surface area contributed by atoms with Gasteiger partial charge in [0.1, 0.15) is 5.82 Å². The number of aromatic nitrogens is 2. The maximum atomic E-state index is 13.9. The summed E-state index contributed by atoms with van der Waals surface area (Å²) in [5, 5.41) is 0.734. The van der Waals surface area contributed by atoms with E-state index in [0.29, 0.717) is 54.3 Å². The lowest BCUT2D eigenvalue weighted by Crippen LogP contribution is -2.41. The van der Waals surface area contributed by atoms with Crippen LogP contribution in [0.4, 0.5) is 4.39 Å². The third kappa shape index (κ3) is 5.08. The van der Waals surface area contributed by atoms with Crippen molar-refractivity contribution in [1.82, 2.24) is 14.5 Å². The number of amides is 1. The third-order valence-corrected chi connectivity index (χ3v) is 6.53. The Balaban J connectivity index is 1.54. The van der Waals surface area contributed by atoms with Crippen molar-refractivity contribution in [3.63, 3.8) is 0 Å². The molecule has 0 spiro atoms. The zero-order valence-corrected chi connectivity index (χ0v) is 19.0. The van der Waals surface area contributed by atoms with E-state index in [-0.39, 0.29) is 29.1 Å². The minimum atomic E-state index is -0.468. The SMILES string of the molecule is CCOC(=O)C1CCN(C(=O)CSc2nc3ccccc3c(=O)n2-c2cccc(F)c2)CC1. The van der Waals surface area contributed by atoms with E-state index in [0.717, 1.165) is 11.8 Å². The van der Waals surface area contributed by atoms with Crippen LogP contribution >= 0.6 is 11.8 Å². The first-order chi connectivity index (χ1) is 16.0. The second-order valence-corrected chi connectivity index (χ2v) is 8.67.